The number of rotatable bonds is 12. The van der Waals surface area contributed by atoms with E-state index in [1.165, 1.54) is 44.9 Å². The lowest BCUT2D eigenvalue weighted by molar-refractivity contribution is 0.206. The van der Waals surface area contributed by atoms with Crippen molar-refractivity contribution in [2.24, 2.45) is 0 Å². The lowest BCUT2D eigenvalue weighted by atomic mass is 10.1. The van der Waals surface area contributed by atoms with Gasteiger partial charge in [0.2, 0.25) is 0 Å². The van der Waals surface area contributed by atoms with Crippen LogP contribution in [0.15, 0.2) is 0 Å². The maximum Gasteiger partial charge on any atom is 0.154 e. The summed E-state index contributed by atoms with van der Waals surface area (Å²) in [6.45, 7) is 2.23. The first-order valence-electron chi connectivity index (χ1n) is 8.72. The Kier molecular flexibility index (Phi) is 9.84. The summed E-state index contributed by atoms with van der Waals surface area (Å²) in [6.07, 6.45) is 11.3. The molecule has 22 heavy (non-hydrogen) atoms. The number of aliphatic hydroxyl groups excluding tert-OH is 1. The normalized spacial score (nSPS) is 25.4. The predicted molar refractivity (Wildman–Crippen MR) is 93.3 cm³/mol. The van der Waals surface area contributed by atoms with Crippen molar-refractivity contribution in [2.75, 3.05) is 17.3 Å². The molecule has 0 amide bonds. The minimum Gasteiger partial charge on any atom is -0.391 e. The van der Waals surface area contributed by atoms with E-state index in [4.69, 9.17) is 0 Å². The fourth-order valence-electron chi connectivity index (χ4n) is 2.93. The van der Waals surface area contributed by atoms with Crippen LogP contribution in [0.2, 0.25) is 0 Å². The van der Waals surface area contributed by atoms with Gasteiger partial charge in [-0.15, -0.1) is 0 Å². The average molecular weight is 353 g/mol. The first-order chi connectivity index (χ1) is 10.5. The largest absolute Gasteiger partial charge is 0.391 e. The van der Waals surface area contributed by atoms with E-state index >= 15 is 0 Å². The monoisotopic (exact) mass is 352 g/mol. The molecule has 1 rings (SSSR count). The number of hydrogen-bond donors (Lipinski definition) is 1. The van der Waals surface area contributed by atoms with Crippen LogP contribution in [-0.4, -0.2) is 46.3 Å². The molecule has 0 bridgehead atoms. The second-order valence-corrected chi connectivity index (χ2v) is 10.4. The summed E-state index contributed by atoms with van der Waals surface area (Å²) in [5.41, 5.74) is 0. The highest BCUT2D eigenvalue weighted by molar-refractivity contribution is 7.94. The van der Waals surface area contributed by atoms with Gasteiger partial charge in [-0.05, 0) is 6.42 Å². The Morgan fingerprint density at radius 2 is 1.41 bits per heavy atom. The van der Waals surface area contributed by atoms with Crippen molar-refractivity contribution in [3.05, 3.63) is 0 Å². The molecule has 0 aliphatic carbocycles. The van der Waals surface area contributed by atoms with Crippen LogP contribution < -0.4 is 0 Å². The predicted octanol–water partition coefficient (Wildman–Crippen LogP) is 2.81. The van der Waals surface area contributed by atoms with Gasteiger partial charge in [0.15, 0.2) is 9.84 Å². The highest BCUT2D eigenvalue weighted by Gasteiger charge is 2.39. The molecule has 0 aromatic carbocycles. The molecule has 132 valence electrons. The molecule has 1 aliphatic heterocycles. The molecule has 0 radical (unpaired) electrons. The molecule has 1 unspecified atom stereocenters. The van der Waals surface area contributed by atoms with Crippen molar-refractivity contribution in [1.29, 1.82) is 0 Å². The van der Waals surface area contributed by atoms with E-state index in [2.05, 4.69) is 6.92 Å². The summed E-state index contributed by atoms with van der Waals surface area (Å²) < 4.78 is 34.9. The Balaban J connectivity index is 2.00. The van der Waals surface area contributed by atoms with Gasteiger partial charge in [-0.1, -0.05) is 64.7 Å². The van der Waals surface area contributed by atoms with Gasteiger partial charge < -0.3 is 5.11 Å². The molecule has 1 aliphatic rings. The summed E-state index contributed by atoms with van der Waals surface area (Å²) in [4.78, 5) is 0. The van der Waals surface area contributed by atoms with Crippen molar-refractivity contribution >= 4 is 20.6 Å². The van der Waals surface area contributed by atoms with E-state index in [-0.39, 0.29) is 11.5 Å². The van der Waals surface area contributed by atoms with Gasteiger partial charge in [0.05, 0.1) is 22.9 Å². The average Bonchev–Trinajstić information content (AvgIpc) is 2.74. The van der Waals surface area contributed by atoms with Crippen LogP contribution in [0.5, 0.6) is 0 Å². The number of sulfone groups is 1. The van der Waals surface area contributed by atoms with Gasteiger partial charge in [-0.25, -0.2) is 8.42 Å². The minimum atomic E-state index is -3.19. The second kappa shape index (κ2) is 10.8. The van der Waals surface area contributed by atoms with Crippen molar-refractivity contribution < 1.29 is 17.7 Å². The molecule has 1 saturated heterocycles. The Bertz CT molecular complexity index is 420. The fraction of sp³-hybridized carbons (Fsp3) is 1.00. The summed E-state index contributed by atoms with van der Waals surface area (Å²) in [7, 11) is -4.40. The number of hydrogen-bond acceptors (Lipinski definition) is 4. The number of aliphatic hydroxyl groups is 1. The second-order valence-electron chi connectivity index (χ2n) is 6.45. The Labute approximate surface area is 138 Å². The van der Waals surface area contributed by atoms with Crippen LogP contribution in [0.3, 0.4) is 0 Å². The van der Waals surface area contributed by atoms with E-state index in [0.29, 0.717) is 5.75 Å². The van der Waals surface area contributed by atoms with Crippen LogP contribution in [0.25, 0.3) is 0 Å². The topological polar surface area (TPSA) is 71.4 Å². The van der Waals surface area contributed by atoms with Crippen LogP contribution in [-0.2, 0) is 20.6 Å². The highest BCUT2D eigenvalue weighted by atomic mass is 32.2. The Morgan fingerprint density at radius 3 is 1.86 bits per heavy atom. The van der Waals surface area contributed by atoms with Gasteiger partial charge in [-0.2, -0.15) is 0 Å². The van der Waals surface area contributed by atoms with Gasteiger partial charge in [-0.3, -0.25) is 4.21 Å². The van der Waals surface area contributed by atoms with Gasteiger partial charge in [0.1, 0.15) is 0 Å². The molecule has 1 heterocycles. The van der Waals surface area contributed by atoms with Gasteiger partial charge >= 0.3 is 0 Å². The number of unbranched alkanes of at least 4 members (excludes halogenated alkanes) is 9. The zero-order valence-corrected chi connectivity index (χ0v) is 15.5. The van der Waals surface area contributed by atoms with Crippen LogP contribution in [0.1, 0.15) is 71.1 Å². The standard InChI is InChI=1S/C16H32O4S2/c1-2-3-4-5-6-7-8-9-10-11-12-21(18)16-14-22(19,20)13-15(16)17/h15-17H,2-14H2,1H3/t15-,16-,21?/m0/s1. The lowest BCUT2D eigenvalue weighted by Gasteiger charge is -2.12. The Hall–Kier alpha value is 0.0600. The summed E-state index contributed by atoms with van der Waals surface area (Å²) in [6, 6.07) is 0. The van der Waals surface area contributed by atoms with Gasteiger partial charge in [0, 0.05) is 16.6 Å². The van der Waals surface area contributed by atoms with Gasteiger partial charge in [0.25, 0.3) is 0 Å². The maximum atomic E-state index is 12.1. The van der Waals surface area contributed by atoms with Crippen molar-refractivity contribution in [1.82, 2.24) is 0 Å². The third-order valence-electron chi connectivity index (χ3n) is 4.31. The zero-order valence-electron chi connectivity index (χ0n) is 13.8. The Morgan fingerprint density at radius 1 is 0.909 bits per heavy atom. The smallest absolute Gasteiger partial charge is 0.154 e. The molecule has 0 aromatic rings. The lowest BCUT2D eigenvalue weighted by Crippen LogP contribution is -2.30. The molecule has 0 spiro atoms. The molecule has 0 saturated carbocycles. The van der Waals surface area contributed by atoms with E-state index in [1.54, 1.807) is 0 Å². The maximum absolute atomic E-state index is 12.1. The first-order valence-corrected chi connectivity index (χ1v) is 11.9. The summed E-state index contributed by atoms with van der Waals surface area (Å²) in [5.74, 6) is 0.188. The molecule has 1 fully saturated rings. The van der Waals surface area contributed by atoms with E-state index in [9.17, 15) is 17.7 Å². The first kappa shape index (κ1) is 20.1. The van der Waals surface area contributed by atoms with Crippen LogP contribution in [0, 0.1) is 0 Å². The summed E-state index contributed by atoms with van der Waals surface area (Å²) >= 11 is 0. The van der Waals surface area contributed by atoms with E-state index in [0.717, 1.165) is 19.3 Å². The molecular formula is C16H32O4S2. The van der Waals surface area contributed by atoms with Crippen LogP contribution in [0.4, 0.5) is 0 Å². The van der Waals surface area contributed by atoms with Crippen molar-refractivity contribution in [2.45, 2.75) is 82.5 Å². The zero-order chi connectivity index (χ0) is 16.4. The SMILES string of the molecule is CCCCCCCCCCCCS(=O)[C@H]1CS(=O)(=O)C[C@@H]1O. The summed E-state index contributed by atoms with van der Waals surface area (Å²) in [5, 5.41) is 9.12. The molecule has 0 aromatic heterocycles. The molecule has 1 N–H and O–H groups in total. The molecule has 3 atom stereocenters. The fourth-order valence-corrected chi connectivity index (χ4v) is 7.13. The third-order valence-corrected chi connectivity index (χ3v) is 8.08. The molecular weight excluding hydrogens is 320 g/mol. The molecule has 4 nitrogen and oxygen atoms in total. The minimum absolute atomic E-state index is 0.113. The van der Waals surface area contributed by atoms with E-state index < -0.39 is 32.0 Å². The highest BCUT2D eigenvalue weighted by Crippen LogP contribution is 2.19. The van der Waals surface area contributed by atoms with Crippen molar-refractivity contribution in [3.8, 4) is 0 Å². The molecule has 6 heteroatoms. The van der Waals surface area contributed by atoms with Crippen molar-refractivity contribution in [3.63, 3.8) is 0 Å². The van der Waals surface area contributed by atoms with E-state index in [1.807, 2.05) is 0 Å². The quantitative estimate of drug-likeness (QED) is 0.548. The van der Waals surface area contributed by atoms with Crippen LogP contribution >= 0.6 is 0 Å². The third kappa shape index (κ3) is 8.06.